The van der Waals surface area contributed by atoms with Gasteiger partial charge in [0.1, 0.15) is 18.3 Å². The van der Waals surface area contributed by atoms with Gasteiger partial charge in [-0.1, -0.05) is 18.2 Å². The molecule has 0 radical (unpaired) electrons. The summed E-state index contributed by atoms with van der Waals surface area (Å²) in [7, 11) is 2.20. The summed E-state index contributed by atoms with van der Waals surface area (Å²) in [4.78, 5) is 15.4. The largest absolute Gasteiger partial charge is 0.476 e. The highest BCUT2D eigenvalue weighted by Gasteiger charge is 2.40. The third-order valence-electron chi connectivity index (χ3n) is 6.01. The average Bonchev–Trinajstić information content (AvgIpc) is 3.20. The van der Waals surface area contributed by atoms with E-state index in [2.05, 4.69) is 16.5 Å². The van der Waals surface area contributed by atoms with Crippen LogP contribution < -0.4 is 4.74 Å². The summed E-state index contributed by atoms with van der Waals surface area (Å²) in [6.45, 7) is 1.42. The van der Waals surface area contributed by atoms with Crippen LogP contribution in [0.4, 0.5) is 0 Å². The van der Waals surface area contributed by atoms with Crippen LogP contribution in [-0.4, -0.2) is 47.3 Å². The van der Waals surface area contributed by atoms with Gasteiger partial charge in [-0.2, -0.15) is 0 Å². The van der Waals surface area contributed by atoms with E-state index in [4.69, 9.17) is 9.47 Å². The minimum atomic E-state index is -0.226. The van der Waals surface area contributed by atoms with E-state index in [1.807, 2.05) is 24.3 Å². The molecule has 5 heteroatoms. The maximum atomic E-state index is 12.9. The van der Waals surface area contributed by atoms with E-state index in [0.29, 0.717) is 30.1 Å². The Morgan fingerprint density at radius 2 is 1.96 bits per heavy atom. The standard InChI is InChI=1S/C19H22N2O3/c1-20-12-6-7-13(20)11-14(10-12)24-19(22)17-15-4-2-3-5-16(15)21-8-9-23-18(17)21/h2-5,12-14H,6-11H2,1H3/t12-,13+,14?. The number of carbonyl (C=O) groups is 1. The molecule has 1 unspecified atom stereocenters. The lowest BCUT2D eigenvalue weighted by atomic mass is 10.0. The number of hydrogen-bond acceptors (Lipinski definition) is 4. The third-order valence-corrected chi connectivity index (χ3v) is 6.01. The summed E-state index contributed by atoms with van der Waals surface area (Å²) < 4.78 is 13.8. The third kappa shape index (κ3) is 2.00. The maximum absolute atomic E-state index is 12.9. The van der Waals surface area contributed by atoms with Gasteiger partial charge in [-0.15, -0.1) is 0 Å². The number of ether oxygens (including phenoxy) is 2. The quantitative estimate of drug-likeness (QED) is 0.796. The molecule has 2 saturated heterocycles. The number of piperidine rings is 1. The molecule has 2 fully saturated rings. The molecule has 1 aromatic heterocycles. The van der Waals surface area contributed by atoms with Crippen molar-refractivity contribution in [2.75, 3.05) is 13.7 Å². The lowest BCUT2D eigenvalue weighted by Crippen LogP contribution is -2.43. The zero-order chi connectivity index (χ0) is 16.3. The summed E-state index contributed by atoms with van der Waals surface area (Å²) in [5.74, 6) is 0.452. The van der Waals surface area contributed by atoms with Crippen molar-refractivity contribution >= 4 is 16.9 Å². The average molecular weight is 326 g/mol. The fraction of sp³-hybridized carbons (Fsp3) is 0.526. The first kappa shape index (κ1) is 14.3. The number of benzene rings is 1. The zero-order valence-electron chi connectivity index (χ0n) is 13.9. The van der Waals surface area contributed by atoms with Crippen LogP contribution in [0.3, 0.4) is 0 Å². The number of aromatic nitrogens is 1. The molecule has 0 saturated carbocycles. The van der Waals surface area contributed by atoms with Gasteiger partial charge in [-0.3, -0.25) is 0 Å². The summed E-state index contributed by atoms with van der Waals surface area (Å²) in [6, 6.07) is 9.12. The van der Waals surface area contributed by atoms with Crippen LogP contribution in [-0.2, 0) is 11.3 Å². The molecule has 126 valence electrons. The topological polar surface area (TPSA) is 43.7 Å². The molecule has 2 bridgehead atoms. The second kappa shape index (κ2) is 5.24. The molecule has 0 N–H and O–H groups in total. The zero-order valence-corrected chi connectivity index (χ0v) is 13.9. The van der Waals surface area contributed by atoms with Gasteiger partial charge in [0.2, 0.25) is 5.88 Å². The molecule has 0 amide bonds. The summed E-state index contributed by atoms with van der Waals surface area (Å²) in [6.07, 6.45) is 4.38. The van der Waals surface area contributed by atoms with Crippen LogP contribution >= 0.6 is 0 Å². The molecule has 3 atom stereocenters. The van der Waals surface area contributed by atoms with Crippen LogP contribution in [0.1, 0.15) is 36.0 Å². The van der Waals surface area contributed by atoms with E-state index >= 15 is 0 Å². The summed E-state index contributed by atoms with van der Waals surface area (Å²) in [5, 5.41) is 0.938. The van der Waals surface area contributed by atoms with Gasteiger partial charge in [0.15, 0.2) is 0 Å². The van der Waals surface area contributed by atoms with Crippen molar-refractivity contribution in [3.63, 3.8) is 0 Å². The lowest BCUT2D eigenvalue weighted by Gasteiger charge is -2.35. The smallest absolute Gasteiger partial charge is 0.344 e. The number of para-hydroxylation sites is 1. The molecule has 24 heavy (non-hydrogen) atoms. The van der Waals surface area contributed by atoms with Gasteiger partial charge in [0.25, 0.3) is 0 Å². The highest BCUT2D eigenvalue weighted by molar-refractivity contribution is 6.07. The highest BCUT2D eigenvalue weighted by Crippen LogP contribution is 2.38. The summed E-state index contributed by atoms with van der Waals surface area (Å²) >= 11 is 0. The van der Waals surface area contributed by atoms with Crippen molar-refractivity contribution in [2.45, 2.75) is 50.4 Å². The molecule has 1 aromatic carbocycles. The molecule has 0 spiro atoms. The normalized spacial score (nSPS) is 28.8. The van der Waals surface area contributed by atoms with Crippen molar-refractivity contribution in [1.29, 1.82) is 0 Å². The minimum Gasteiger partial charge on any atom is -0.476 e. The number of carbonyl (C=O) groups excluding carboxylic acids is 1. The van der Waals surface area contributed by atoms with Gasteiger partial charge in [0.05, 0.1) is 12.1 Å². The molecule has 0 aliphatic carbocycles. The molecule has 2 aromatic rings. The van der Waals surface area contributed by atoms with E-state index in [0.717, 1.165) is 30.3 Å². The number of esters is 1. The molecule has 3 aliphatic heterocycles. The minimum absolute atomic E-state index is 0.0296. The fourth-order valence-electron chi connectivity index (χ4n) is 4.75. The van der Waals surface area contributed by atoms with Crippen molar-refractivity contribution in [2.24, 2.45) is 0 Å². The molecule has 5 rings (SSSR count). The van der Waals surface area contributed by atoms with Crippen LogP contribution in [0.15, 0.2) is 24.3 Å². The Morgan fingerprint density at radius 1 is 1.21 bits per heavy atom. The molecule has 4 heterocycles. The van der Waals surface area contributed by atoms with Crippen LogP contribution in [0.5, 0.6) is 5.88 Å². The Labute approximate surface area is 141 Å². The predicted octanol–water partition coefficient (Wildman–Crippen LogP) is 2.82. The Hall–Kier alpha value is -2.01. The second-order valence-electron chi connectivity index (χ2n) is 7.25. The van der Waals surface area contributed by atoms with E-state index in [9.17, 15) is 4.79 Å². The van der Waals surface area contributed by atoms with Crippen molar-refractivity contribution in [1.82, 2.24) is 9.47 Å². The predicted molar refractivity (Wildman–Crippen MR) is 90.4 cm³/mol. The Morgan fingerprint density at radius 3 is 2.75 bits per heavy atom. The first-order valence-electron chi connectivity index (χ1n) is 8.89. The monoisotopic (exact) mass is 326 g/mol. The van der Waals surface area contributed by atoms with Gasteiger partial charge in [-0.05, 0) is 26.0 Å². The van der Waals surface area contributed by atoms with Crippen LogP contribution in [0, 0.1) is 0 Å². The van der Waals surface area contributed by atoms with Crippen LogP contribution in [0.2, 0.25) is 0 Å². The van der Waals surface area contributed by atoms with Gasteiger partial charge in [-0.25, -0.2) is 4.79 Å². The van der Waals surface area contributed by atoms with Gasteiger partial charge >= 0.3 is 5.97 Å². The van der Waals surface area contributed by atoms with Gasteiger partial charge < -0.3 is 18.9 Å². The van der Waals surface area contributed by atoms with Crippen molar-refractivity contribution < 1.29 is 14.3 Å². The summed E-state index contributed by atoms with van der Waals surface area (Å²) in [5.41, 5.74) is 1.66. The molecule has 5 nitrogen and oxygen atoms in total. The Bertz CT molecular complexity index is 798. The van der Waals surface area contributed by atoms with E-state index in [1.54, 1.807) is 0 Å². The maximum Gasteiger partial charge on any atom is 0.344 e. The molecule has 3 aliphatic rings. The first-order valence-corrected chi connectivity index (χ1v) is 8.89. The Balaban J connectivity index is 1.45. The van der Waals surface area contributed by atoms with Crippen molar-refractivity contribution in [3.8, 4) is 5.88 Å². The van der Waals surface area contributed by atoms with Crippen molar-refractivity contribution in [3.05, 3.63) is 29.8 Å². The lowest BCUT2D eigenvalue weighted by molar-refractivity contribution is -0.000499. The number of nitrogens with zero attached hydrogens (tertiary/aromatic N) is 2. The highest BCUT2D eigenvalue weighted by atomic mass is 16.5. The number of fused-ring (bicyclic) bond motifs is 5. The SMILES string of the molecule is CN1[C@@H]2CC[C@H]1CC(OC(=O)c1c3n(c4ccccc14)CCO3)C2. The van der Waals surface area contributed by atoms with E-state index in [1.165, 1.54) is 12.8 Å². The molecular formula is C19H22N2O3. The van der Waals surface area contributed by atoms with E-state index < -0.39 is 0 Å². The Kier molecular flexibility index (Phi) is 3.13. The molecular weight excluding hydrogens is 304 g/mol. The first-order chi connectivity index (χ1) is 11.7. The number of rotatable bonds is 2. The second-order valence-corrected chi connectivity index (χ2v) is 7.25. The number of hydrogen-bond donors (Lipinski definition) is 0. The fourth-order valence-corrected chi connectivity index (χ4v) is 4.75. The van der Waals surface area contributed by atoms with E-state index in [-0.39, 0.29) is 12.1 Å². The van der Waals surface area contributed by atoms with Gasteiger partial charge in [0, 0.05) is 30.3 Å². The van der Waals surface area contributed by atoms with Crippen LogP contribution in [0.25, 0.3) is 10.9 Å².